The van der Waals surface area contributed by atoms with E-state index < -0.39 is 0 Å². The van der Waals surface area contributed by atoms with Crippen LogP contribution in [0.2, 0.25) is 0 Å². The minimum atomic E-state index is -0.0407. The van der Waals surface area contributed by atoms with Gasteiger partial charge in [-0.25, -0.2) is 0 Å². The largest absolute Gasteiger partial charge is 0.344 e. The zero-order chi connectivity index (χ0) is 32.7. The Balaban J connectivity index is 1.16. The van der Waals surface area contributed by atoms with E-state index in [0.29, 0.717) is 0 Å². The van der Waals surface area contributed by atoms with E-state index in [1.54, 1.807) is 0 Å². The van der Waals surface area contributed by atoms with Crippen LogP contribution < -0.4 is 4.90 Å². The number of allylic oxidation sites excluding steroid dienone is 8. The van der Waals surface area contributed by atoms with E-state index in [1.165, 1.54) is 45.0 Å². The van der Waals surface area contributed by atoms with Crippen LogP contribution in [0.25, 0.3) is 0 Å². The van der Waals surface area contributed by atoms with Gasteiger partial charge in [-0.2, -0.15) is 4.58 Å². The third-order valence-electron chi connectivity index (χ3n) is 9.93. The van der Waals surface area contributed by atoms with Crippen molar-refractivity contribution in [1.29, 1.82) is 0 Å². The molecule has 0 bridgehead atoms. The van der Waals surface area contributed by atoms with E-state index in [1.807, 2.05) is 0 Å². The molecule has 2 heteroatoms. The Bertz CT molecular complexity index is 1820. The number of fused-ring (bicyclic) bond motifs is 2. The highest BCUT2D eigenvalue weighted by Crippen LogP contribution is 2.47. The van der Waals surface area contributed by atoms with Crippen molar-refractivity contribution in [3.63, 3.8) is 0 Å². The molecule has 0 spiro atoms. The Morgan fingerprint density at radius 2 is 1.15 bits per heavy atom. The number of hydrogen-bond acceptors (Lipinski definition) is 1. The van der Waals surface area contributed by atoms with Crippen molar-refractivity contribution in [3.05, 3.63) is 180 Å². The average molecular weight is 618 g/mol. The Labute approximate surface area is 282 Å². The van der Waals surface area contributed by atoms with Gasteiger partial charge < -0.3 is 4.90 Å². The predicted molar refractivity (Wildman–Crippen MR) is 201 cm³/mol. The van der Waals surface area contributed by atoms with Crippen molar-refractivity contribution in [2.24, 2.45) is 0 Å². The third-order valence-corrected chi connectivity index (χ3v) is 9.93. The lowest BCUT2D eigenvalue weighted by atomic mass is 9.81. The second kappa shape index (κ2) is 14.4. The van der Waals surface area contributed by atoms with Crippen LogP contribution >= 0.6 is 0 Å². The highest BCUT2D eigenvalue weighted by molar-refractivity contribution is 6.03. The zero-order valence-electron chi connectivity index (χ0n) is 28.6. The lowest BCUT2D eigenvalue weighted by Gasteiger charge is -2.27. The summed E-state index contributed by atoms with van der Waals surface area (Å²) in [4.78, 5) is 2.54. The summed E-state index contributed by atoms with van der Waals surface area (Å²) in [5.41, 5.74) is 10.9. The van der Waals surface area contributed by atoms with E-state index in [-0.39, 0.29) is 10.8 Å². The van der Waals surface area contributed by atoms with Crippen LogP contribution in [0.4, 0.5) is 11.4 Å². The van der Waals surface area contributed by atoms with Gasteiger partial charge in [-0.05, 0) is 61.9 Å². The molecule has 4 aromatic rings. The molecular weight excluding hydrogens is 569 g/mol. The lowest BCUT2D eigenvalue weighted by Crippen LogP contribution is -2.28. The predicted octanol–water partition coefficient (Wildman–Crippen LogP) is 10.7. The van der Waals surface area contributed by atoms with Gasteiger partial charge in [-0.1, -0.05) is 141 Å². The van der Waals surface area contributed by atoms with Crippen LogP contribution in [0.3, 0.4) is 0 Å². The van der Waals surface area contributed by atoms with Crippen LogP contribution in [0.5, 0.6) is 0 Å². The van der Waals surface area contributed by atoms with Gasteiger partial charge in [0, 0.05) is 47.5 Å². The molecule has 0 amide bonds. The molecule has 0 radical (unpaired) electrons. The average Bonchev–Trinajstić information content (AvgIpc) is 3.44. The summed E-state index contributed by atoms with van der Waals surface area (Å²) in [6, 6.07) is 39.5. The molecule has 0 unspecified atom stereocenters. The van der Waals surface area contributed by atoms with Gasteiger partial charge in [-0.3, -0.25) is 0 Å². The van der Waals surface area contributed by atoms with Crippen LogP contribution in [0.15, 0.2) is 157 Å². The summed E-state index contributed by atoms with van der Waals surface area (Å²) < 4.78 is 2.54. The van der Waals surface area contributed by atoms with Gasteiger partial charge in [0.1, 0.15) is 6.54 Å². The minimum Gasteiger partial charge on any atom is -0.344 e. The lowest BCUT2D eigenvalue weighted by molar-refractivity contribution is -0.438. The molecule has 47 heavy (non-hydrogen) atoms. The number of nitrogens with zero attached hydrogens (tertiary/aromatic N) is 2. The van der Waals surface area contributed by atoms with Gasteiger partial charge in [0.05, 0.1) is 5.41 Å². The van der Waals surface area contributed by atoms with Gasteiger partial charge in [0.15, 0.2) is 5.71 Å². The maximum atomic E-state index is 2.54. The molecule has 0 saturated heterocycles. The smallest absolute Gasteiger partial charge is 0.209 e. The highest BCUT2D eigenvalue weighted by atomic mass is 15.2. The van der Waals surface area contributed by atoms with E-state index in [4.69, 9.17) is 0 Å². The standard InChI is InChI=1S/C45H49N2/c1-44(2)38-28-16-18-30-40(38)46(34-20-26-36-22-10-8-11-23-36)42(44)32-14-6-5-7-15-33-43-45(3,4)39-29-17-19-31-41(39)47(43)35-21-27-37-24-12-9-13-25-37/h5-19,22-25,28-33H,20-21,26-27,34-35H2,1-4H3/q+1. The Kier molecular flexibility index (Phi) is 9.87. The van der Waals surface area contributed by atoms with E-state index in [2.05, 4.69) is 189 Å². The fourth-order valence-electron chi connectivity index (χ4n) is 7.42. The van der Waals surface area contributed by atoms with E-state index in [9.17, 15) is 0 Å². The monoisotopic (exact) mass is 617 g/mol. The van der Waals surface area contributed by atoms with Crippen molar-refractivity contribution in [1.82, 2.24) is 0 Å². The molecule has 6 rings (SSSR count). The Hall–Kier alpha value is -4.69. The van der Waals surface area contributed by atoms with Gasteiger partial charge >= 0.3 is 0 Å². The number of hydrogen-bond donors (Lipinski definition) is 0. The molecular formula is C45H49N2+. The topological polar surface area (TPSA) is 6.25 Å². The summed E-state index contributed by atoms with van der Waals surface area (Å²) in [5, 5.41) is 0. The normalized spacial score (nSPS) is 17.4. The van der Waals surface area contributed by atoms with Crippen LogP contribution in [-0.2, 0) is 23.7 Å². The first-order valence-corrected chi connectivity index (χ1v) is 17.3. The molecule has 0 fully saturated rings. The Morgan fingerprint density at radius 3 is 1.87 bits per heavy atom. The van der Waals surface area contributed by atoms with Gasteiger partial charge in [0.25, 0.3) is 0 Å². The number of para-hydroxylation sites is 2. The van der Waals surface area contributed by atoms with Crippen molar-refractivity contribution >= 4 is 17.1 Å². The molecule has 238 valence electrons. The number of anilines is 1. The molecule has 2 heterocycles. The zero-order valence-corrected chi connectivity index (χ0v) is 28.6. The number of aryl methyl sites for hydroxylation is 2. The van der Waals surface area contributed by atoms with Crippen molar-refractivity contribution in [2.75, 3.05) is 18.0 Å². The molecule has 2 aliphatic heterocycles. The second-order valence-corrected chi connectivity index (χ2v) is 13.8. The summed E-state index contributed by atoms with van der Waals surface area (Å²) in [6.07, 6.45) is 19.9. The summed E-state index contributed by atoms with van der Waals surface area (Å²) in [5.74, 6) is 0. The molecule has 0 aliphatic carbocycles. The minimum absolute atomic E-state index is 0.0407. The SMILES string of the molecule is CC1(C)C(/C=C/C=C/C=C/C=C2/N(CCCc3ccccc3)c3ccccc3C2(C)C)=[N+](CCCc2ccccc2)c2ccccc21. The highest BCUT2D eigenvalue weighted by Gasteiger charge is 2.43. The third kappa shape index (κ3) is 7.03. The van der Waals surface area contributed by atoms with Crippen molar-refractivity contribution < 1.29 is 4.58 Å². The second-order valence-electron chi connectivity index (χ2n) is 13.8. The molecule has 4 aromatic carbocycles. The first kappa shape index (κ1) is 32.3. The first-order chi connectivity index (χ1) is 22.9. The van der Waals surface area contributed by atoms with Crippen LogP contribution in [0.1, 0.15) is 62.8 Å². The molecule has 0 saturated carbocycles. The maximum absolute atomic E-state index is 2.54. The summed E-state index contributed by atoms with van der Waals surface area (Å²) in [6.45, 7) is 11.4. The molecule has 0 aromatic heterocycles. The molecule has 2 nitrogen and oxygen atoms in total. The fourth-order valence-corrected chi connectivity index (χ4v) is 7.42. The summed E-state index contributed by atoms with van der Waals surface area (Å²) in [7, 11) is 0. The van der Waals surface area contributed by atoms with Gasteiger partial charge in [-0.15, -0.1) is 0 Å². The van der Waals surface area contributed by atoms with Crippen molar-refractivity contribution in [3.8, 4) is 0 Å². The number of rotatable bonds is 12. The fraction of sp³-hybridized carbons (Fsp3) is 0.267. The first-order valence-electron chi connectivity index (χ1n) is 17.3. The van der Waals surface area contributed by atoms with Crippen LogP contribution in [-0.4, -0.2) is 23.4 Å². The van der Waals surface area contributed by atoms with Crippen molar-refractivity contribution in [2.45, 2.75) is 64.2 Å². The summed E-state index contributed by atoms with van der Waals surface area (Å²) >= 11 is 0. The molecule has 0 atom stereocenters. The van der Waals surface area contributed by atoms with Crippen LogP contribution in [0, 0.1) is 0 Å². The number of benzene rings is 4. The van der Waals surface area contributed by atoms with E-state index >= 15 is 0 Å². The molecule has 2 aliphatic rings. The quantitative estimate of drug-likeness (QED) is 0.113. The maximum Gasteiger partial charge on any atom is 0.209 e. The molecule has 0 N–H and O–H groups in total. The van der Waals surface area contributed by atoms with E-state index in [0.717, 1.165) is 38.8 Å². The Morgan fingerprint density at radius 1 is 0.574 bits per heavy atom. The van der Waals surface area contributed by atoms with Gasteiger partial charge in [0.2, 0.25) is 5.69 Å².